The molecule has 0 heterocycles. The van der Waals surface area contributed by atoms with Crippen LogP contribution in [-0.2, 0) is 4.74 Å². The van der Waals surface area contributed by atoms with E-state index in [1.54, 1.807) is 19.2 Å². The molecule has 0 bridgehead atoms. The van der Waals surface area contributed by atoms with E-state index < -0.39 is 0 Å². The summed E-state index contributed by atoms with van der Waals surface area (Å²) in [6, 6.07) is 4.81. The molecule has 0 aliphatic heterocycles. The second-order valence-electron chi connectivity index (χ2n) is 4.13. The Labute approximate surface area is 102 Å². The maximum Gasteiger partial charge on any atom is 0.123 e. The summed E-state index contributed by atoms with van der Waals surface area (Å²) in [4.78, 5) is 0. The Balaban J connectivity index is 2.90. The monoisotopic (exact) mass is 237 g/mol. The number of rotatable bonds is 6. The quantitative estimate of drug-likeness (QED) is 0.825. The molecule has 0 fully saturated rings. The predicted molar refractivity (Wildman–Crippen MR) is 69.3 cm³/mol. The number of hydrogen-bond acceptors (Lipinski definition) is 2. The lowest BCUT2D eigenvalue weighted by Crippen LogP contribution is -2.02. The van der Waals surface area contributed by atoms with Crippen LogP contribution >= 0.6 is 0 Å². The van der Waals surface area contributed by atoms with Crippen molar-refractivity contribution in [3.05, 3.63) is 40.7 Å². The zero-order chi connectivity index (χ0) is 12.7. The zero-order valence-corrected chi connectivity index (χ0v) is 10.5. The van der Waals surface area contributed by atoms with Crippen molar-refractivity contribution in [2.24, 2.45) is 5.73 Å². The molecule has 0 radical (unpaired) electrons. The van der Waals surface area contributed by atoms with E-state index in [0.29, 0.717) is 13.2 Å². The van der Waals surface area contributed by atoms with Crippen LogP contribution in [0.25, 0.3) is 6.08 Å². The standard InChI is InChI=1S/C14H20FNO/c1-11-5-6-14(15)9-13(11)8-12(10-17-2)4-3-7-16/h5-6,8-9H,3-4,7,10,16H2,1-2H3/b12-8+. The SMILES string of the molecule is COC/C(=C/c1cc(F)ccc1C)CCCN. The van der Waals surface area contributed by atoms with Crippen LogP contribution in [0, 0.1) is 12.7 Å². The molecule has 0 aromatic heterocycles. The van der Waals surface area contributed by atoms with Gasteiger partial charge in [0.2, 0.25) is 0 Å². The minimum Gasteiger partial charge on any atom is -0.380 e. The molecule has 0 unspecified atom stereocenters. The molecule has 0 aliphatic rings. The molecule has 3 heteroatoms. The van der Waals surface area contributed by atoms with Gasteiger partial charge in [0.25, 0.3) is 0 Å². The first kappa shape index (κ1) is 13.9. The highest BCUT2D eigenvalue weighted by Gasteiger charge is 2.01. The third-order valence-corrected chi connectivity index (χ3v) is 2.63. The Morgan fingerprint density at radius 2 is 2.24 bits per heavy atom. The summed E-state index contributed by atoms with van der Waals surface area (Å²) in [6.07, 6.45) is 3.81. The van der Waals surface area contributed by atoms with Gasteiger partial charge >= 0.3 is 0 Å². The van der Waals surface area contributed by atoms with Gasteiger partial charge in [0.1, 0.15) is 5.82 Å². The molecule has 0 spiro atoms. The predicted octanol–water partition coefficient (Wildman–Crippen LogP) is 2.90. The summed E-state index contributed by atoms with van der Waals surface area (Å²) in [7, 11) is 1.66. The molecule has 2 N–H and O–H groups in total. The highest BCUT2D eigenvalue weighted by atomic mass is 19.1. The van der Waals surface area contributed by atoms with Gasteiger partial charge in [-0.2, -0.15) is 0 Å². The number of ether oxygens (including phenoxy) is 1. The van der Waals surface area contributed by atoms with E-state index in [9.17, 15) is 4.39 Å². The lowest BCUT2D eigenvalue weighted by molar-refractivity contribution is 0.223. The van der Waals surface area contributed by atoms with Crippen LogP contribution < -0.4 is 5.73 Å². The van der Waals surface area contributed by atoms with Crippen LogP contribution in [0.5, 0.6) is 0 Å². The molecule has 0 saturated heterocycles. The van der Waals surface area contributed by atoms with Crippen molar-refractivity contribution in [2.45, 2.75) is 19.8 Å². The molecule has 1 rings (SSSR count). The normalized spacial score (nSPS) is 11.9. The van der Waals surface area contributed by atoms with Crippen molar-refractivity contribution in [3.8, 4) is 0 Å². The summed E-state index contributed by atoms with van der Waals surface area (Å²) in [5.41, 5.74) is 8.61. The van der Waals surface area contributed by atoms with Crippen LogP contribution in [0.4, 0.5) is 4.39 Å². The van der Waals surface area contributed by atoms with Crippen LogP contribution in [0.3, 0.4) is 0 Å². The summed E-state index contributed by atoms with van der Waals surface area (Å²) >= 11 is 0. The number of halogens is 1. The molecule has 1 aromatic carbocycles. The molecule has 1 aromatic rings. The lowest BCUT2D eigenvalue weighted by Gasteiger charge is -2.07. The largest absolute Gasteiger partial charge is 0.380 e. The van der Waals surface area contributed by atoms with Crippen molar-refractivity contribution in [1.82, 2.24) is 0 Å². The third kappa shape index (κ3) is 4.67. The van der Waals surface area contributed by atoms with Gasteiger partial charge < -0.3 is 10.5 Å². The number of aryl methyl sites for hydroxylation is 1. The van der Waals surface area contributed by atoms with E-state index in [1.165, 1.54) is 6.07 Å². The Morgan fingerprint density at radius 1 is 1.47 bits per heavy atom. The number of benzene rings is 1. The van der Waals surface area contributed by atoms with E-state index in [-0.39, 0.29) is 5.82 Å². The average Bonchev–Trinajstić information content (AvgIpc) is 2.31. The van der Waals surface area contributed by atoms with E-state index >= 15 is 0 Å². The lowest BCUT2D eigenvalue weighted by atomic mass is 10.0. The smallest absolute Gasteiger partial charge is 0.123 e. The topological polar surface area (TPSA) is 35.2 Å². The Bertz CT molecular complexity index is 388. The first-order chi connectivity index (χ1) is 8.17. The summed E-state index contributed by atoms with van der Waals surface area (Å²) in [5.74, 6) is -0.211. The van der Waals surface area contributed by atoms with Crippen LogP contribution in [0.2, 0.25) is 0 Å². The van der Waals surface area contributed by atoms with Crippen molar-refractivity contribution >= 4 is 6.08 Å². The second kappa shape index (κ2) is 7.20. The Hall–Kier alpha value is -1.19. The number of methoxy groups -OCH3 is 1. The molecular formula is C14H20FNO. The molecule has 17 heavy (non-hydrogen) atoms. The Kier molecular flexibility index (Phi) is 5.87. The first-order valence-electron chi connectivity index (χ1n) is 5.82. The van der Waals surface area contributed by atoms with Gasteiger partial charge in [-0.1, -0.05) is 12.1 Å². The fraction of sp³-hybridized carbons (Fsp3) is 0.429. The van der Waals surface area contributed by atoms with E-state index in [0.717, 1.165) is 29.5 Å². The number of hydrogen-bond donors (Lipinski definition) is 1. The molecule has 94 valence electrons. The maximum atomic E-state index is 13.2. The zero-order valence-electron chi connectivity index (χ0n) is 10.5. The van der Waals surface area contributed by atoms with Crippen molar-refractivity contribution in [2.75, 3.05) is 20.3 Å². The van der Waals surface area contributed by atoms with E-state index in [4.69, 9.17) is 10.5 Å². The van der Waals surface area contributed by atoms with E-state index in [1.807, 2.05) is 13.0 Å². The Morgan fingerprint density at radius 3 is 2.88 bits per heavy atom. The fourth-order valence-electron chi connectivity index (χ4n) is 1.69. The van der Waals surface area contributed by atoms with Gasteiger partial charge in [-0.3, -0.25) is 0 Å². The molecule has 0 amide bonds. The molecule has 0 atom stereocenters. The van der Waals surface area contributed by atoms with Crippen molar-refractivity contribution in [1.29, 1.82) is 0 Å². The third-order valence-electron chi connectivity index (χ3n) is 2.63. The van der Waals surface area contributed by atoms with Gasteiger partial charge in [-0.05, 0) is 55.1 Å². The minimum absolute atomic E-state index is 0.211. The van der Waals surface area contributed by atoms with Crippen molar-refractivity contribution in [3.63, 3.8) is 0 Å². The van der Waals surface area contributed by atoms with Crippen LogP contribution in [0.15, 0.2) is 23.8 Å². The molecule has 2 nitrogen and oxygen atoms in total. The summed E-state index contributed by atoms with van der Waals surface area (Å²) in [5, 5.41) is 0. The molecule has 0 aliphatic carbocycles. The van der Waals surface area contributed by atoms with Gasteiger partial charge in [0.15, 0.2) is 0 Å². The molecule has 0 saturated carbocycles. The maximum absolute atomic E-state index is 13.2. The summed E-state index contributed by atoms with van der Waals surface area (Å²) < 4.78 is 18.3. The first-order valence-corrected chi connectivity index (χ1v) is 5.82. The fourth-order valence-corrected chi connectivity index (χ4v) is 1.69. The van der Waals surface area contributed by atoms with Crippen LogP contribution in [0.1, 0.15) is 24.0 Å². The summed E-state index contributed by atoms with van der Waals surface area (Å²) in [6.45, 7) is 3.19. The minimum atomic E-state index is -0.211. The highest BCUT2D eigenvalue weighted by molar-refractivity contribution is 5.56. The highest BCUT2D eigenvalue weighted by Crippen LogP contribution is 2.16. The van der Waals surface area contributed by atoms with Crippen LogP contribution in [-0.4, -0.2) is 20.3 Å². The van der Waals surface area contributed by atoms with Gasteiger partial charge in [0, 0.05) is 7.11 Å². The van der Waals surface area contributed by atoms with Gasteiger partial charge in [-0.15, -0.1) is 0 Å². The van der Waals surface area contributed by atoms with Gasteiger partial charge in [-0.25, -0.2) is 4.39 Å². The average molecular weight is 237 g/mol. The number of nitrogens with two attached hydrogens (primary N) is 1. The van der Waals surface area contributed by atoms with Crippen molar-refractivity contribution < 1.29 is 9.13 Å². The second-order valence-corrected chi connectivity index (χ2v) is 4.13. The molecular weight excluding hydrogens is 217 g/mol. The van der Waals surface area contributed by atoms with Gasteiger partial charge in [0.05, 0.1) is 6.61 Å². The van der Waals surface area contributed by atoms with E-state index in [2.05, 4.69) is 0 Å².